The van der Waals surface area contributed by atoms with Crippen LogP contribution in [0, 0.1) is 5.82 Å². The van der Waals surface area contributed by atoms with Crippen LogP contribution in [0.2, 0.25) is 0 Å². The Morgan fingerprint density at radius 2 is 1.94 bits per heavy atom. The fraction of sp³-hybridized carbons (Fsp3) is 0.417. The third-order valence-electron chi connectivity index (χ3n) is 1.94. The molecular weight excluding hydrogens is 225 g/mol. The van der Waals surface area contributed by atoms with Gasteiger partial charge in [0, 0.05) is 11.8 Å². The molecule has 0 amide bonds. The van der Waals surface area contributed by atoms with Gasteiger partial charge in [0.2, 0.25) is 0 Å². The Morgan fingerprint density at radius 3 is 2.41 bits per heavy atom. The van der Waals surface area contributed by atoms with Crippen LogP contribution in [0.5, 0.6) is 5.75 Å². The van der Waals surface area contributed by atoms with E-state index in [0.29, 0.717) is 0 Å². The largest absolute Gasteiger partial charge is 0.494 e. The van der Waals surface area contributed by atoms with Crippen LogP contribution in [0.1, 0.15) is 31.1 Å². The Labute approximate surface area is 99.5 Å². The Bertz CT molecular complexity index is 438. The monoisotopic (exact) mass is 241 g/mol. The topological polar surface area (TPSA) is 61.5 Å². The molecule has 0 bridgehead atoms. The number of rotatable bonds is 2. The fourth-order valence-electron chi connectivity index (χ4n) is 1.24. The average Bonchev–Trinajstić information content (AvgIpc) is 2.14. The number of methoxy groups -OCH3 is 1. The molecule has 0 aliphatic carbocycles. The Balaban J connectivity index is 3.10. The number of carbonyl (C=O) groups is 1. The number of nitrogens with two attached hydrogens (primary N) is 1. The van der Waals surface area contributed by atoms with Crippen molar-refractivity contribution < 1.29 is 18.7 Å². The summed E-state index contributed by atoms with van der Waals surface area (Å²) in [6.07, 6.45) is 0. The van der Waals surface area contributed by atoms with E-state index in [1.165, 1.54) is 13.2 Å². The third-order valence-corrected chi connectivity index (χ3v) is 1.94. The minimum Gasteiger partial charge on any atom is -0.494 e. The highest BCUT2D eigenvalue weighted by atomic mass is 19.1. The predicted molar refractivity (Wildman–Crippen MR) is 62.5 cm³/mol. The highest BCUT2D eigenvalue weighted by Crippen LogP contribution is 2.25. The Morgan fingerprint density at radius 1 is 1.35 bits per heavy atom. The first-order valence-electron chi connectivity index (χ1n) is 5.11. The molecule has 94 valence electrons. The minimum atomic E-state index is -0.634. The van der Waals surface area contributed by atoms with Crippen molar-refractivity contribution in [2.45, 2.75) is 26.4 Å². The van der Waals surface area contributed by atoms with Crippen molar-refractivity contribution >= 4 is 11.7 Å². The first-order valence-corrected chi connectivity index (χ1v) is 5.11. The van der Waals surface area contributed by atoms with Gasteiger partial charge in [-0.25, -0.2) is 9.18 Å². The van der Waals surface area contributed by atoms with Crippen molar-refractivity contribution in [1.82, 2.24) is 0 Å². The molecular formula is C12H16FNO3. The lowest BCUT2D eigenvalue weighted by Crippen LogP contribution is -2.24. The zero-order valence-corrected chi connectivity index (χ0v) is 10.3. The lowest BCUT2D eigenvalue weighted by molar-refractivity contribution is 0.00704. The van der Waals surface area contributed by atoms with Crippen LogP contribution in [0.3, 0.4) is 0 Å². The summed E-state index contributed by atoms with van der Waals surface area (Å²) < 4.78 is 23.2. The number of hydrogen-bond donors (Lipinski definition) is 1. The van der Waals surface area contributed by atoms with E-state index in [0.717, 1.165) is 6.07 Å². The molecule has 4 nitrogen and oxygen atoms in total. The molecule has 1 aromatic carbocycles. The quantitative estimate of drug-likeness (QED) is 0.637. The number of ether oxygens (including phenoxy) is 2. The van der Waals surface area contributed by atoms with Gasteiger partial charge >= 0.3 is 5.97 Å². The van der Waals surface area contributed by atoms with Gasteiger partial charge in [-0.15, -0.1) is 0 Å². The smallest absolute Gasteiger partial charge is 0.340 e. The molecule has 0 saturated heterocycles. The molecule has 1 aromatic rings. The standard InChI is InChI=1S/C12H16FNO3/c1-12(2,3)17-11(15)7-5-10(16-4)8(13)6-9(7)14/h5-6H,14H2,1-4H3. The molecule has 0 unspecified atom stereocenters. The van der Waals surface area contributed by atoms with Gasteiger partial charge in [-0.1, -0.05) is 0 Å². The molecule has 0 aliphatic heterocycles. The van der Waals surface area contributed by atoms with Crippen LogP contribution in [0.15, 0.2) is 12.1 Å². The summed E-state index contributed by atoms with van der Waals surface area (Å²) in [4.78, 5) is 11.8. The second-order valence-electron chi connectivity index (χ2n) is 4.58. The molecule has 0 aromatic heterocycles. The summed E-state index contributed by atoms with van der Waals surface area (Å²) in [5, 5.41) is 0. The Hall–Kier alpha value is -1.78. The van der Waals surface area contributed by atoms with Crippen molar-refractivity contribution in [3.63, 3.8) is 0 Å². The number of halogens is 1. The summed E-state index contributed by atoms with van der Waals surface area (Å²) >= 11 is 0. The lowest BCUT2D eigenvalue weighted by atomic mass is 10.1. The Kier molecular flexibility index (Phi) is 3.60. The van der Waals surface area contributed by atoms with Crippen LogP contribution < -0.4 is 10.5 Å². The van der Waals surface area contributed by atoms with E-state index in [1.54, 1.807) is 20.8 Å². The zero-order valence-electron chi connectivity index (χ0n) is 10.3. The normalized spacial score (nSPS) is 11.1. The molecule has 0 radical (unpaired) electrons. The molecule has 0 saturated carbocycles. The molecule has 0 aliphatic rings. The second kappa shape index (κ2) is 4.61. The van der Waals surface area contributed by atoms with Gasteiger partial charge in [0.15, 0.2) is 11.6 Å². The zero-order chi connectivity index (χ0) is 13.2. The average molecular weight is 241 g/mol. The van der Waals surface area contributed by atoms with Crippen molar-refractivity contribution in [2.24, 2.45) is 0 Å². The summed E-state index contributed by atoms with van der Waals surface area (Å²) in [6.45, 7) is 5.21. The molecule has 17 heavy (non-hydrogen) atoms. The number of benzene rings is 1. The van der Waals surface area contributed by atoms with E-state index in [1.807, 2.05) is 0 Å². The number of nitrogen functional groups attached to an aromatic ring is 1. The van der Waals surface area contributed by atoms with E-state index >= 15 is 0 Å². The number of hydrogen-bond acceptors (Lipinski definition) is 4. The van der Waals surface area contributed by atoms with Crippen LogP contribution in [0.25, 0.3) is 0 Å². The van der Waals surface area contributed by atoms with Crippen molar-refractivity contribution in [1.29, 1.82) is 0 Å². The number of anilines is 1. The predicted octanol–water partition coefficient (Wildman–Crippen LogP) is 2.37. The van der Waals surface area contributed by atoms with Gasteiger partial charge in [-0.3, -0.25) is 0 Å². The van der Waals surface area contributed by atoms with Crippen molar-refractivity contribution in [3.05, 3.63) is 23.5 Å². The molecule has 0 fully saturated rings. The number of carbonyl (C=O) groups excluding carboxylic acids is 1. The van der Waals surface area contributed by atoms with Gasteiger partial charge < -0.3 is 15.2 Å². The first kappa shape index (κ1) is 13.3. The van der Waals surface area contributed by atoms with E-state index in [9.17, 15) is 9.18 Å². The summed E-state index contributed by atoms with van der Waals surface area (Å²) in [6, 6.07) is 2.27. The maximum absolute atomic E-state index is 13.3. The van der Waals surface area contributed by atoms with E-state index < -0.39 is 17.4 Å². The highest BCUT2D eigenvalue weighted by molar-refractivity contribution is 5.95. The summed E-state index contributed by atoms with van der Waals surface area (Å²) in [7, 11) is 1.31. The third kappa shape index (κ3) is 3.34. The SMILES string of the molecule is COc1cc(C(=O)OC(C)(C)C)c(N)cc1F. The molecule has 2 N–H and O–H groups in total. The van der Waals surface area contributed by atoms with Crippen LogP contribution in [0.4, 0.5) is 10.1 Å². The second-order valence-corrected chi connectivity index (χ2v) is 4.58. The van der Waals surface area contributed by atoms with E-state index in [4.69, 9.17) is 15.2 Å². The number of esters is 1. The fourth-order valence-corrected chi connectivity index (χ4v) is 1.24. The van der Waals surface area contributed by atoms with Crippen LogP contribution in [-0.2, 0) is 4.74 Å². The molecule has 0 heterocycles. The minimum absolute atomic E-state index is 0.0255. The van der Waals surface area contributed by atoms with Gasteiger partial charge in [-0.05, 0) is 26.8 Å². The molecule has 5 heteroatoms. The van der Waals surface area contributed by atoms with E-state index in [-0.39, 0.29) is 17.0 Å². The van der Waals surface area contributed by atoms with Gasteiger partial charge in [0.1, 0.15) is 5.60 Å². The first-order chi connectivity index (χ1) is 7.74. The van der Waals surface area contributed by atoms with Crippen molar-refractivity contribution in [3.8, 4) is 5.75 Å². The molecule has 0 atom stereocenters. The molecule has 1 rings (SSSR count). The van der Waals surface area contributed by atoms with Crippen molar-refractivity contribution in [2.75, 3.05) is 12.8 Å². The maximum atomic E-state index is 13.3. The van der Waals surface area contributed by atoms with Gasteiger partial charge in [0.05, 0.1) is 12.7 Å². The molecule has 0 spiro atoms. The van der Waals surface area contributed by atoms with Gasteiger partial charge in [0.25, 0.3) is 0 Å². The van der Waals surface area contributed by atoms with E-state index in [2.05, 4.69) is 0 Å². The maximum Gasteiger partial charge on any atom is 0.340 e. The summed E-state index contributed by atoms with van der Waals surface area (Å²) in [5.41, 5.74) is 5.06. The lowest BCUT2D eigenvalue weighted by Gasteiger charge is -2.20. The highest BCUT2D eigenvalue weighted by Gasteiger charge is 2.21. The summed E-state index contributed by atoms with van der Waals surface area (Å²) in [5.74, 6) is -1.26. The van der Waals surface area contributed by atoms with Crippen LogP contribution >= 0.6 is 0 Å². The van der Waals surface area contributed by atoms with Gasteiger partial charge in [-0.2, -0.15) is 0 Å². The van der Waals surface area contributed by atoms with Crippen LogP contribution in [-0.4, -0.2) is 18.7 Å².